The molecule has 0 unspecified atom stereocenters. The maximum absolute atomic E-state index is 12.9. The Hall–Kier alpha value is -2.64. The average molecular weight is 470 g/mol. The second-order valence-corrected chi connectivity index (χ2v) is 9.71. The van der Waals surface area contributed by atoms with Crippen molar-refractivity contribution in [2.45, 2.75) is 18.4 Å². The Morgan fingerprint density at radius 1 is 0.966 bits per heavy atom. The number of hydrogen-bond donors (Lipinski definition) is 0. The van der Waals surface area contributed by atoms with Crippen LogP contribution in [0.2, 0.25) is 0 Å². The van der Waals surface area contributed by atoms with E-state index >= 15 is 0 Å². The molecule has 1 aromatic heterocycles. The lowest BCUT2D eigenvalue weighted by atomic mass is 10.2. The van der Waals surface area contributed by atoms with E-state index < -0.39 is 10.0 Å². The molecule has 0 aliphatic rings. The molecule has 0 aliphatic carbocycles. The molecule has 0 N–H and O–H groups in total. The first-order chi connectivity index (χ1) is 13.9. The highest BCUT2D eigenvalue weighted by Gasteiger charge is 2.21. The summed E-state index contributed by atoms with van der Waals surface area (Å²) in [6.07, 6.45) is 0. The van der Waals surface area contributed by atoms with Crippen LogP contribution in [0.1, 0.15) is 11.4 Å². The van der Waals surface area contributed by atoms with Gasteiger partial charge in [0, 0.05) is 18.1 Å². The predicted molar refractivity (Wildman–Crippen MR) is 120 cm³/mol. The molecule has 0 bridgehead atoms. The number of nitrogens with zero attached hydrogens (tertiary/aromatic N) is 3. The van der Waals surface area contributed by atoms with Gasteiger partial charge in [-0.15, -0.1) is 0 Å². The zero-order chi connectivity index (χ0) is 20.6. The quantitative estimate of drug-likeness (QED) is 0.414. The molecule has 0 amide bonds. The van der Waals surface area contributed by atoms with Crippen LogP contribution in [0.3, 0.4) is 0 Å². The van der Waals surface area contributed by atoms with Crippen LogP contribution in [0.5, 0.6) is 0 Å². The second-order valence-electron chi connectivity index (χ2n) is 6.83. The van der Waals surface area contributed by atoms with Gasteiger partial charge in [-0.05, 0) is 61.0 Å². The number of benzene rings is 3. The number of aromatic nitrogens is 2. The zero-order valence-electron chi connectivity index (χ0n) is 16.1. The van der Waals surface area contributed by atoms with Gasteiger partial charge < -0.3 is 4.57 Å². The van der Waals surface area contributed by atoms with Crippen LogP contribution in [0.15, 0.2) is 82.2 Å². The van der Waals surface area contributed by atoms with E-state index in [1.165, 1.54) is 4.31 Å². The molecule has 0 saturated heterocycles. The zero-order valence-corrected chi connectivity index (χ0v) is 18.5. The van der Waals surface area contributed by atoms with Crippen LogP contribution < -0.4 is 4.31 Å². The molecule has 5 nitrogen and oxygen atoms in total. The molecule has 0 fully saturated rings. The molecule has 0 aliphatic heterocycles. The summed E-state index contributed by atoms with van der Waals surface area (Å²) >= 11 is 3.33. The van der Waals surface area contributed by atoms with Crippen molar-refractivity contribution < 1.29 is 8.42 Å². The van der Waals surface area contributed by atoms with Gasteiger partial charge in [0.15, 0.2) is 0 Å². The minimum Gasteiger partial charge on any atom is -0.324 e. The summed E-state index contributed by atoms with van der Waals surface area (Å²) in [6.45, 7) is 2.67. The van der Waals surface area contributed by atoms with E-state index in [-0.39, 0.29) is 4.90 Å². The normalized spacial score (nSPS) is 11.7. The minimum atomic E-state index is -3.61. The summed E-state index contributed by atoms with van der Waals surface area (Å²) in [5.41, 5.74) is 3.75. The van der Waals surface area contributed by atoms with Crippen LogP contribution in [-0.2, 0) is 16.6 Å². The molecule has 0 saturated carbocycles. The second kappa shape index (κ2) is 7.65. The first kappa shape index (κ1) is 19.7. The van der Waals surface area contributed by atoms with Gasteiger partial charge in [-0.25, -0.2) is 13.4 Å². The van der Waals surface area contributed by atoms with Gasteiger partial charge >= 0.3 is 0 Å². The number of sulfonamides is 1. The Morgan fingerprint density at radius 2 is 1.62 bits per heavy atom. The SMILES string of the molecule is Cc1nc2ccccc2n1Cc1ccc(N(C)S(=O)(=O)c2ccc(Br)cc2)cc1. The fourth-order valence-electron chi connectivity index (χ4n) is 3.29. The molecular weight excluding hydrogens is 450 g/mol. The Kier molecular flexibility index (Phi) is 5.19. The van der Waals surface area contributed by atoms with Crippen LogP contribution in [0.25, 0.3) is 11.0 Å². The number of halogens is 1. The van der Waals surface area contributed by atoms with Crippen molar-refractivity contribution in [3.05, 3.63) is 88.7 Å². The molecule has 4 rings (SSSR count). The Bertz CT molecular complexity index is 1260. The van der Waals surface area contributed by atoms with E-state index in [4.69, 9.17) is 0 Å². The van der Waals surface area contributed by atoms with Gasteiger partial charge in [0.2, 0.25) is 0 Å². The van der Waals surface area contributed by atoms with E-state index in [1.807, 2.05) is 49.4 Å². The van der Waals surface area contributed by atoms with Crippen LogP contribution in [0.4, 0.5) is 5.69 Å². The summed E-state index contributed by atoms with van der Waals surface area (Å²) < 4.78 is 30.1. The minimum absolute atomic E-state index is 0.257. The first-order valence-corrected chi connectivity index (χ1v) is 11.3. The summed E-state index contributed by atoms with van der Waals surface area (Å²) in [7, 11) is -2.04. The summed E-state index contributed by atoms with van der Waals surface area (Å²) in [6, 6.07) is 22.3. The highest BCUT2D eigenvalue weighted by molar-refractivity contribution is 9.10. The molecule has 0 radical (unpaired) electrons. The lowest BCUT2D eigenvalue weighted by Crippen LogP contribution is -2.26. The third-order valence-corrected chi connectivity index (χ3v) is 7.29. The van der Waals surface area contributed by atoms with Crippen molar-refractivity contribution in [3.63, 3.8) is 0 Å². The van der Waals surface area contributed by atoms with Crippen LogP contribution in [-0.4, -0.2) is 25.0 Å². The molecule has 148 valence electrons. The maximum atomic E-state index is 12.9. The van der Waals surface area contributed by atoms with Gasteiger partial charge in [0.05, 0.1) is 21.6 Å². The van der Waals surface area contributed by atoms with Gasteiger partial charge in [-0.3, -0.25) is 4.31 Å². The third kappa shape index (κ3) is 3.80. The number of hydrogen-bond acceptors (Lipinski definition) is 3. The van der Waals surface area contributed by atoms with Gasteiger partial charge in [0.25, 0.3) is 10.0 Å². The Balaban J connectivity index is 1.59. The fraction of sp³-hybridized carbons (Fsp3) is 0.136. The largest absolute Gasteiger partial charge is 0.324 e. The average Bonchev–Trinajstić information content (AvgIpc) is 3.03. The smallest absolute Gasteiger partial charge is 0.264 e. The van der Waals surface area contributed by atoms with Crippen LogP contribution in [0, 0.1) is 6.92 Å². The van der Waals surface area contributed by atoms with E-state index in [1.54, 1.807) is 31.3 Å². The van der Waals surface area contributed by atoms with E-state index in [9.17, 15) is 8.42 Å². The summed E-state index contributed by atoms with van der Waals surface area (Å²) in [5.74, 6) is 0.949. The molecule has 4 aromatic rings. The van der Waals surface area contributed by atoms with Gasteiger partial charge in [0.1, 0.15) is 5.82 Å². The molecule has 7 heteroatoms. The summed E-state index contributed by atoms with van der Waals surface area (Å²) in [4.78, 5) is 4.86. The number of anilines is 1. The van der Waals surface area contributed by atoms with Crippen molar-refractivity contribution in [1.82, 2.24) is 9.55 Å². The maximum Gasteiger partial charge on any atom is 0.264 e. The molecule has 29 heavy (non-hydrogen) atoms. The Labute approximate surface area is 178 Å². The predicted octanol–water partition coefficient (Wildman–Crippen LogP) is 4.98. The van der Waals surface area contributed by atoms with Crippen molar-refractivity contribution in [3.8, 4) is 0 Å². The van der Waals surface area contributed by atoms with E-state index in [2.05, 4.69) is 31.5 Å². The standard InChI is InChI=1S/C22H20BrN3O2S/c1-16-24-21-5-3-4-6-22(21)26(16)15-17-7-11-19(12-8-17)25(2)29(27,28)20-13-9-18(23)10-14-20/h3-14H,15H2,1-2H3. The molecular formula is C22H20BrN3O2S. The highest BCUT2D eigenvalue weighted by Crippen LogP contribution is 2.24. The third-order valence-electron chi connectivity index (χ3n) is 4.96. The van der Waals surface area contributed by atoms with Crippen molar-refractivity contribution in [2.75, 3.05) is 11.4 Å². The molecule has 3 aromatic carbocycles. The first-order valence-electron chi connectivity index (χ1n) is 9.11. The topological polar surface area (TPSA) is 55.2 Å². The molecule has 0 atom stereocenters. The summed E-state index contributed by atoms with van der Waals surface area (Å²) in [5, 5.41) is 0. The fourth-order valence-corrected chi connectivity index (χ4v) is 4.75. The van der Waals surface area contributed by atoms with Gasteiger partial charge in [-0.1, -0.05) is 40.2 Å². The molecule has 1 heterocycles. The number of aryl methyl sites for hydroxylation is 1. The highest BCUT2D eigenvalue weighted by atomic mass is 79.9. The monoisotopic (exact) mass is 469 g/mol. The number of rotatable bonds is 5. The lowest BCUT2D eigenvalue weighted by Gasteiger charge is -2.20. The lowest BCUT2D eigenvalue weighted by molar-refractivity contribution is 0.594. The van der Waals surface area contributed by atoms with Crippen molar-refractivity contribution in [2.24, 2.45) is 0 Å². The molecule has 0 spiro atoms. The van der Waals surface area contributed by atoms with Crippen molar-refractivity contribution in [1.29, 1.82) is 0 Å². The van der Waals surface area contributed by atoms with Gasteiger partial charge in [-0.2, -0.15) is 0 Å². The van der Waals surface area contributed by atoms with Crippen molar-refractivity contribution >= 4 is 42.7 Å². The number of fused-ring (bicyclic) bond motifs is 1. The van der Waals surface area contributed by atoms with Crippen LogP contribution >= 0.6 is 15.9 Å². The number of para-hydroxylation sites is 2. The van der Waals surface area contributed by atoms with E-state index in [0.29, 0.717) is 12.2 Å². The number of imidazole rings is 1. The van der Waals surface area contributed by atoms with E-state index in [0.717, 1.165) is 26.9 Å². The Morgan fingerprint density at radius 3 is 2.31 bits per heavy atom.